The lowest BCUT2D eigenvalue weighted by atomic mass is 9.81. The lowest BCUT2D eigenvalue weighted by Gasteiger charge is -2.34. The van der Waals surface area contributed by atoms with Crippen molar-refractivity contribution in [2.75, 3.05) is 19.6 Å². The highest BCUT2D eigenvalue weighted by Crippen LogP contribution is 2.30. The molecule has 1 aliphatic rings. The number of sulfonamides is 1. The van der Waals surface area contributed by atoms with Crippen LogP contribution in [0.4, 0.5) is 4.39 Å². The van der Waals surface area contributed by atoms with Gasteiger partial charge < -0.3 is 5.32 Å². The van der Waals surface area contributed by atoms with Crippen molar-refractivity contribution in [3.05, 3.63) is 27.4 Å². The normalized spacial score (nSPS) is 18.7. The molecule has 0 spiro atoms. The molecule has 0 radical (unpaired) electrons. The van der Waals surface area contributed by atoms with Gasteiger partial charge in [0.25, 0.3) is 0 Å². The van der Waals surface area contributed by atoms with Gasteiger partial charge in [-0.15, -0.1) is 0 Å². The fourth-order valence-electron chi connectivity index (χ4n) is 2.26. The Bertz CT molecular complexity index is 633. The third kappa shape index (κ3) is 4.16. The molecule has 0 unspecified atom stereocenters. The van der Waals surface area contributed by atoms with Crippen molar-refractivity contribution >= 4 is 37.6 Å². The Kier molecular flexibility index (Phi) is 5.31. The van der Waals surface area contributed by atoms with Gasteiger partial charge >= 0.3 is 0 Å². The molecule has 0 amide bonds. The number of hydrogen-bond donors (Lipinski definition) is 2. The smallest absolute Gasteiger partial charge is 0.243 e. The molecule has 1 aromatic rings. The molecule has 2 rings (SSSR count). The maximum atomic E-state index is 13.9. The molecule has 1 saturated heterocycles. The quantitative estimate of drug-likeness (QED) is 0.765. The Balaban J connectivity index is 2.17. The molecule has 0 aromatic heterocycles. The molecule has 8 heteroatoms. The lowest BCUT2D eigenvalue weighted by Crippen LogP contribution is -2.43. The van der Waals surface area contributed by atoms with Gasteiger partial charge in [0, 0.05) is 11.0 Å². The standard InChI is InChI=1S/C13H17BrClFN2O2S/c1-13(2-4-17-5-3-13)8-18-21(19,20)12-7-10(15)9(14)6-11(12)16/h6-7,17-18H,2-5,8H2,1H3. The van der Waals surface area contributed by atoms with Crippen LogP contribution in [0.5, 0.6) is 0 Å². The first kappa shape index (κ1) is 17.1. The van der Waals surface area contributed by atoms with Gasteiger partial charge in [0.1, 0.15) is 10.7 Å². The largest absolute Gasteiger partial charge is 0.317 e. The van der Waals surface area contributed by atoms with Crippen molar-refractivity contribution in [1.82, 2.24) is 10.0 Å². The fraction of sp³-hybridized carbons (Fsp3) is 0.538. The summed E-state index contributed by atoms with van der Waals surface area (Å²) in [6.45, 7) is 4.03. The van der Waals surface area contributed by atoms with E-state index in [1.54, 1.807) is 0 Å². The van der Waals surface area contributed by atoms with E-state index in [-0.39, 0.29) is 17.0 Å². The first-order valence-electron chi connectivity index (χ1n) is 6.58. The summed E-state index contributed by atoms with van der Waals surface area (Å²) in [4.78, 5) is -0.423. The maximum Gasteiger partial charge on any atom is 0.243 e. The molecule has 0 aliphatic carbocycles. The molecular weight excluding hydrogens is 383 g/mol. The van der Waals surface area contributed by atoms with Gasteiger partial charge in [-0.3, -0.25) is 0 Å². The van der Waals surface area contributed by atoms with Crippen LogP contribution in [0.1, 0.15) is 19.8 Å². The van der Waals surface area contributed by atoms with E-state index < -0.39 is 20.7 Å². The van der Waals surface area contributed by atoms with E-state index in [1.807, 2.05) is 6.92 Å². The third-order valence-corrected chi connectivity index (χ3v) is 6.38. The van der Waals surface area contributed by atoms with Gasteiger partial charge in [0.2, 0.25) is 10.0 Å². The maximum absolute atomic E-state index is 13.9. The van der Waals surface area contributed by atoms with Gasteiger partial charge in [-0.25, -0.2) is 17.5 Å². The van der Waals surface area contributed by atoms with Crippen LogP contribution in [-0.4, -0.2) is 28.1 Å². The van der Waals surface area contributed by atoms with Crippen LogP contribution < -0.4 is 10.0 Å². The summed E-state index contributed by atoms with van der Waals surface area (Å²) in [5.74, 6) is -0.825. The summed E-state index contributed by atoms with van der Waals surface area (Å²) in [6.07, 6.45) is 1.75. The van der Waals surface area contributed by atoms with Crippen LogP contribution in [0, 0.1) is 11.2 Å². The fourth-order valence-corrected chi connectivity index (χ4v) is 4.09. The summed E-state index contributed by atoms with van der Waals surface area (Å²) >= 11 is 8.92. The first-order chi connectivity index (χ1) is 9.73. The van der Waals surface area contributed by atoms with E-state index in [1.165, 1.54) is 0 Å². The Morgan fingerprint density at radius 1 is 1.43 bits per heavy atom. The summed E-state index contributed by atoms with van der Waals surface area (Å²) in [7, 11) is -3.92. The van der Waals surface area contributed by atoms with Crippen LogP contribution in [0.2, 0.25) is 5.02 Å². The second kappa shape index (κ2) is 6.50. The number of nitrogens with one attached hydrogen (secondary N) is 2. The zero-order valence-electron chi connectivity index (χ0n) is 11.5. The van der Waals surface area contributed by atoms with Crippen molar-refractivity contribution in [3.63, 3.8) is 0 Å². The minimum atomic E-state index is -3.92. The van der Waals surface area contributed by atoms with E-state index in [0.717, 1.165) is 38.1 Å². The Morgan fingerprint density at radius 3 is 2.67 bits per heavy atom. The van der Waals surface area contributed by atoms with Crippen molar-refractivity contribution in [2.45, 2.75) is 24.7 Å². The molecular formula is C13H17BrClFN2O2S. The number of rotatable bonds is 4. The molecule has 1 aliphatic heterocycles. The van der Waals surface area contributed by atoms with Gasteiger partial charge in [-0.1, -0.05) is 18.5 Å². The van der Waals surface area contributed by atoms with Crippen molar-refractivity contribution in [2.24, 2.45) is 5.41 Å². The van der Waals surface area contributed by atoms with Crippen LogP contribution in [0.25, 0.3) is 0 Å². The summed E-state index contributed by atoms with van der Waals surface area (Å²) < 4.78 is 41.2. The second-order valence-electron chi connectivity index (χ2n) is 5.58. The lowest BCUT2D eigenvalue weighted by molar-refractivity contribution is 0.232. The monoisotopic (exact) mass is 398 g/mol. The van der Waals surface area contributed by atoms with Gasteiger partial charge in [-0.2, -0.15) is 0 Å². The van der Waals surface area contributed by atoms with Gasteiger partial charge in [0.05, 0.1) is 5.02 Å². The summed E-state index contributed by atoms with van der Waals surface area (Å²) in [5, 5.41) is 3.39. The molecule has 1 fully saturated rings. The second-order valence-corrected chi connectivity index (χ2v) is 8.58. The predicted molar refractivity (Wildman–Crippen MR) is 84.5 cm³/mol. The minimum Gasteiger partial charge on any atom is -0.317 e. The number of piperidine rings is 1. The van der Waals surface area contributed by atoms with Crippen LogP contribution in [-0.2, 0) is 10.0 Å². The van der Waals surface area contributed by atoms with Crippen LogP contribution in [0.3, 0.4) is 0 Å². The van der Waals surface area contributed by atoms with Gasteiger partial charge in [0.15, 0.2) is 0 Å². The van der Waals surface area contributed by atoms with Crippen molar-refractivity contribution in [3.8, 4) is 0 Å². The van der Waals surface area contributed by atoms with Crippen molar-refractivity contribution in [1.29, 1.82) is 0 Å². The predicted octanol–water partition coefficient (Wildman–Crippen LogP) is 2.91. The van der Waals surface area contributed by atoms with Gasteiger partial charge in [-0.05, 0) is 59.4 Å². The Morgan fingerprint density at radius 2 is 2.05 bits per heavy atom. The average molecular weight is 400 g/mol. The van der Waals surface area contributed by atoms with E-state index >= 15 is 0 Å². The van der Waals surface area contributed by atoms with E-state index in [0.29, 0.717) is 4.47 Å². The van der Waals surface area contributed by atoms with E-state index in [4.69, 9.17) is 11.6 Å². The SMILES string of the molecule is CC1(CNS(=O)(=O)c2cc(Cl)c(Br)cc2F)CCNCC1. The average Bonchev–Trinajstić information content (AvgIpc) is 2.42. The zero-order valence-corrected chi connectivity index (χ0v) is 14.7. The van der Waals surface area contributed by atoms with Crippen molar-refractivity contribution < 1.29 is 12.8 Å². The molecule has 118 valence electrons. The topological polar surface area (TPSA) is 58.2 Å². The molecule has 0 bridgehead atoms. The number of benzene rings is 1. The highest BCUT2D eigenvalue weighted by molar-refractivity contribution is 9.10. The molecule has 0 saturated carbocycles. The third-order valence-electron chi connectivity index (χ3n) is 3.76. The number of halogens is 3. The first-order valence-corrected chi connectivity index (χ1v) is 9.24. The number of hydrogen-bond acceptors (Lipinski definition) is 3. The molecule has 1 heterocycles. The highest BCUT2D eigenvalue weighted by Gasteiger charge is 2.29. The minimum absolute atomic E-state index is 0.117. The van der Waals surface area contributed by atoms with Crippen LogP contribution in [0.15, 0.2) is 21.5 Å². The zero-order chi connectivity index (χ0) is 15.7. The van der Waals surface area contributed by atoms with E-state index in [2.05, 4.69) is 26.0 Å². The highest BCUT2D eigenvalue weighted by atomic mass is 79.9. The summed E-state index contributed by atoms with van der Waals surface area (Å²) in [5.41, 5.74) is -0.117. The summed E-state index contributed by atoms with van der Waals surface area (Å²) in [6, 6.07) is 2.18. The molecule has 4 nitrogen and oxygen atoms in total. The molecule has 0 atom stereocenters. The van der Waals surface area contributed by atoms with E-state index in [9.17, 15) is 12.8 Å². The molecule has 21 heavy (non-hydrogen) atoms. The molecule has 1 aromatic carbocycles. The Labute approximate surface area is 137 Å². The molecule has 2 N–H and O–H groups in total. The Hall–Kier alpha value is -0.210. The van der Waals surface area contributed by atoms with Crippen LogP contribution >= 0.6 is 27.5 Å².